The molecule has 1 aromatic carbocycles. The molecule has 106 valence electrons. The summed E-state index contributed by atoms with van der Waals surface area (Å²) in [5, 5.41) is 1.14. The van der Waals surface area contributed by atoms with Crippen LogP contribution in [0.25, 0.3) is 10.1 Å². The van der Waals surface area contributed by atoms with Gasteiger partial charge in [0, 0.05) is 24.0 Å². The Balaban J connectivity index is 1.65. The number of nitrogens with zero attached hydrogens (tertiary/aromatic N) is 3. The van der Waals surface area contributed by atoms with Gasteiger partial charge in [-0.15, -0.1) is 11.3 Å². The number of fused-ring (bicyclic) bond motifs is 2. The first-order valence-electron chi connectivity index (χ1n) is 7.08. The van der Waals surface area contributed by atoms with Crippen LogP contribution in [0.3, 0.4) is 0 Å². The van der Waals surface area contributed by atoms with E-state index >= 15 is 0 Å². The number of hydrogen-bond donors (Lipinski definition) is 0. The van der Waals surface area contributed by atoms with Crippen LogP contribution in [0.2, 0.25) is 0 Å². The molecule has 3 heterocycles. The van der Waals surface area contributed by atoms with E-state index < -0.39 is 0 Å². The Kier molecular flexibility index (Phi) is 3.00. The van der Waals surface area contributed by atoms with Gasteiger partial charge >= 0.3 is 0 Å². The van der Waals surface area contributed by atoms with E-state index in [0.717, 1.165) is 35.5 Å². The van der Waals surface area contributed by atoms with Gasteiger partial charge in [0.05, 0.1) is 23.4 Å². The monoisotopic (exact) mass is 297 g/mol. The van der Waals surface area contributed by atoms with Gasteiger partial charge in [0.25, 0.3) is 5.91 Å². The van der Waals surface area contributed by atoms with Crippen molar-refractivity contribution in [1.29, 1.82) is 0 Å². The smallest absolute Gasteiger partial charge is 0.264 e. The minimum Gasteiger partial charge on any atom is -0.333 e. The van der Waals surface area contributed by atoms with Crippen molar-refractivity contribution in [3.63, 3.8) is 0 Å². The number of amides is 1. The van der Waals surface area contributed by atoms with Crippen LogP contribution in [-0.4, -0.2) is 26.9 Å². The van der Waals surface area contributed by atoms with Crippen LogP contribution >= 0.6 is 11.3 Å². The van der Waals surface area contributed by atoms with Crippen LogP contribution in [0.15, 0.2) is 42.9 Å². The number of hydrogen-bond acceptors (Lipinski definition) is 3. The van der Waals surface area contributed by atoms with Crippen LogP contribution in [0.4, 0.5) is 0 Å². The molecular weight excluding hydrogens is 282 g/mol. The zero-order valence-corrected chi connectivity index (χ0v) is 12.3. The second-order valence-corrected chi connectivity index (χ2v) is 6.39. The van der Waals surface area contributed by atoms with Crippen LogP contribution in [0.1, 0.15) is 21.8 Å². The van der Waals surface area contributed by atoms with Gasteiger partial charge in [-0.25, -0.2) is 4.98 Å². The second-order valence-electron chi connectivity index (χ2n) is 5.31. The first kappa shape index (κ1) is 12.6. The third-order valence-corrected chi connectivity index (χ3v) is 5.01. The van der Waals surface area contributed by atoms with E-state index in [4.69, 9.17) is 0 Å². The van der Waals surface area contributed by atoms with Crippen LogP contribution < -0.4 is 0 Å². The van der Waals surface area contributed by atoms with Crippen LogP contribution in [-0.2, 0) is 13.1 Å². The summed E-state index contributed by atoms with van der Waals surface area (Å²) in [6.45, 7) is 2.38. The summed E-state index contributed by atoms with van der Waals surface area (Å²) >= 11 is 1.58. The predicted molar refractivity (Wildman–Crippen MR) is 83.4 cm³/mol. The molecule has 0 saturated carbocycles. The molecule has 0 N–H and O–H groups in total. The summed E-state index contributed by atoms with van der Waals surface area (Å²) < 4.78 is 3.30. The molecule has 3 aromatic rings. The van der Waals surface area contributed by atoms with E-state index in [-0.39, 0.29) is 5.91 Å². The van der Waals surface area contributed by atoms with E-state index in [1.54, 1.807) is 11.3 Å². The Morgan fingerprint density at radius 3 is 3.05 bits per heavy atom. The third kappa shape index (κ3) is 2.23. The molecule has 0 atom stereocenters. The van der Waals surface area contributed by atoms with Gasteiger partial charge in [-0.1, -0.05) is 18.2 Å². The van der Waals surface area contributed by atoms with Gasteiger partial charge in [-0.2, -0.15) is 0 Å². The minimum atomic E-state index is 0.130. The minimum absolute atomic E-state index is 0.130. The van der Waals surface area contributed by atoms with E-state index in [2.05, 4.69) is 21.7 Å². The number of aromatic nitrogens is 2. The molecule has 0 spiro atoms. The number of imidazole rings is 1. The van der Waals surface area contributed by atoms with Crippen molar-refractivity contribution in [1.82, 2.24) is 14.5 Å². The number of rotatable bonds is 1. The number of aryl methyl sites for hydroxylation is 1. The van der Waals surface area contributed by atoms with E-state index in [0.29, 0.717) is 6.54 Å². The molecule has 1 aliphatic heterocycles. The number of carbonyl (C=O) groups is 1. The summed E-state index contributed by atoms with van der Waals surface area (Å²) in [5.74, 6) is 0.130. The van der Waals surface area contributed by atoms with Gasteiger partial charge in [-0.3, -0.25) is 4.79 Å². The summed E-state index contributed by atoms with van der Waals surface area (Å²) in [6, 6.07) is 10.1. The Morgan fingerprint density at radius 1 is 1.24 bits per heavy atom. The van der Waals surface area contributed by atoms with Crippen LogP contribution in [0, 0.1) is 0 Å². The summed E-state index contributed by atoms with van der Waals surface area (Å²) in [7, 11) is 0. The lowest BCUT2D eigenvalue weighted by molar-refractivity contribution is 0.0750. The SMILES string of the molecule is O=C(c1cc2ccccc2s1)N1CCCn2cncc2C1. The predicted octanol–water partition coefficient (Wildman–Crippen LogP) is 3.14. The van der Waals surface area contributed by atoms with Gasteiger partial charge < -0.3 is 9.47 Å². The lowest BCUT2D eigenvalue weighted by atomic mass is 10.2. The van der Waals surface area contributed by atoms with E-state index in [9.17, 15) is 4.79 Å². The quantitative estimate of drug-likeness (QED) is 0.692. The molecule has 21 heavy (non-hydrogen) atoms. The van der Waals surface area contributed by atoms with Crippen molar-refractivity contribution in [3.8, 4) is 0 Å². The second kappa shape index (κ2) is 5.00. The summed E-state index contributed by atoms with van der Waals surface area (Å²) in [5.41, 5.74) is 1.11. The molecule has 0 bridgehead atoms. The third-order valence-electron chi connectivity index (χ3n) is 3.90. The maximum atomic E-state index is 12.8. The molecular formula is C16H15N3OS. The fourth-order valence-corrected chi connectivity index (χ4v) is 3.83. The summed E-state index contributed by atoms with van der Waals surface area (Å²) in [6.07, 6.45) is 4.68. The molecule has 0 unspecified atom stereocenters. The van der Waals surface area contributed by atoms with Crippen molar-refractivity contribution in [2.45, 2.75) is 19.5 Å². The average Bonchev–Trinajstić information content (AvgIpc) is 3.08. The maximum Gasteiger partial charge on any atom is 0.264 e. The van der Waals surface area contributed by atoms with Gasteiger partial charge in [0.15, 0.2) is 0 Å². The first-order chi connectivity index (χ1) is 10.3. The van der Waals surface area contributed by atoms with E-state index in [1.165, 1.54) is 4.70 Å². The lowest BCUT2D eigenvalue weighted by Crippen LogP contribution is -2.30. The highest BCUT2D eigenvalue weighted by atomic mass is 32.1. The largest absolute Gasteiger partial charge is 0.333 e. The number of thiophene rings is 1. The Bertz CT molecular complexity index is 772. The van der Waals surface area contributed by atoms with Crippen molar-refractivity contribution < 1.29 is 4.79 Å². The maximum absolute atomic E-state index is 12.8. The lowest BCUT2D eigenvalue weighted by Gasteiger charge is -2.18. The zero-order chi connectivity index (χ0) is 14.2. The molecule has 0 aliphatic carbocycles. The van der Waals surface area contributed by atoms with Gasteiger partial charge in [0.2, 0.25) is 0 Å². The standard InChI is InChI=1S/C16H15N3OS/c20-16(15-8-12-4-1-2-5-14(12)21-15)18-6-3-7-19-11-17-9-13(19)10-18/h1-2,4-5,8-9,11H,3,6-7,10H2. The molecule has 2 aromatic heterocycles. The Morgan fingerprint density at radius 2 is 2.14 bits per heavy atom. The Labute approximate surface area is 126 Å². The normalized spacial score (nSPS) is 15.0. The molecule has 1 aliphatic rings. The van der Waals surface area contributed by atoms with Crippen LogP contribution in [0.5, 0.6) is 0 Å². The summed E-state index contributed by atoms with van der Waals surface area (Å²) in [4.78, 5) is 19.7. The zero-order valence-electron chi connectivity index (χ0n) is 11.5. The van der Waals surface area contributed by atoms with Crippen molar-refractivity contribution in [3.05, 3.63) is 53.4 Å². The molecule has 5 heteroatoms. The average molecular weight is 297 g/mol. The highest BCUT2D eigenvalue weighted by Crippen LogP contribution is 2.27. The van der Waals surface area contributed by atoms with Gasteiger partial charge in [0.1, 0.15) is 0 Å². The topological polar surface area (TPSA) is 38.1 Å². The molecule has 0 fully saturated rings. The number of carbonyl (C=O) groups excluding carboxylic acids is 1. The molecule has 0 saturated heterocycles. The fourth-order valence-electron chi connectivity index (χ4n) is 2.80. The number of benzene rings is 1. The molecule has 0 radical (unpaired) electrons. The highest BCUT2D eigenvalue weighted by Gasteiger charge is 2.21. The molecule has 1 amide bonds. The van der Waals surface area contributed by atoms with Crippen molar-refractivity contribution in [2.75, 3.05) is 6.54 Å². The van der Waals surface area contributed by atoms with E-state index in [1.807, 2.05) is 35.6 Å². The Hall–Kier alpha value is -2.14. The highest BCUT2D eigenvalue weighted by molar-refractivity contribution is 7.20. The first-order valence-corrected chi connectivity index (χ1v) is 7.90. The van der Waals surface area contributed by atoms with Gasteiger partial charge in [-0.05, 0) is 23.9 Å². The molecule has 4 nitrogen and oxygen atoms in total. The fraction of sp³-hybridized carbons (Fsp3) is 0.250. The molecule has 4 rings (SSSR count). The van der Waals surface area contributed by atoms with Crippen molar-refractivity contribution >= 4 is 27.3 Å². The van der Waals surface area contributed by atoms with Crippen molar-refractivity contribution in [2.24, 2.45) is 0 Å².